The zero-order valence-corrected chi connectivity index (χ0v) is 12.8. The summed E-state index contributed by atoms with van der Waals surface area (Å²) in [6.45, 7) is 4.56. The van der Waals surface area contributed by atoms with Crippen molar-refractivity contribution in [3.63, 3.8) is 0 Å². The minimum absolute atomic E-state index is 0. The molecule has 2 amide bonds. The monoisotopic (exact) mass is 311 g/mol. The molecule has 116 valence electrons. The molecule has 1 aromatic rings. The molecule has 0 heterocycles. The van der Waals surface area contributed by atoms with E-state index in [-0.39, 0.29) is 37.3 Å². The van der Waals surface area contributed by atoms with Crippen molar-refractivity contribution in [2.45, 2.75) is 6.42 Å². The SMILES string of the molecule is C=CCN(CCc1ccccc1)C(=O)CNC(=O)CN.Cl. The van der Waals surface area contributed by atoms with Crippen molar-refractivity contribution >= 4 is 24.2 Å². The third-order valence-electron chi connectivity index (χ3n) is 2.84. The molecule has 0 atom stereocenters. The van der Waals surface area contributed by atoms with E-state index in [0.29, 0.717) is 13.1 Å². The predicted octanol–water partition coefficient (Wildman–Crippen LogP) is 0.740. The summed E-state index contributed by atoms with van der Waals surface area (Å²) >= 11 is 0. The van der Waals surface area contributed by atoms with Gasteiger partial charge in [-0.3, -0.25) is 9.59 Å². The Hall–Kier alpha value is -1.85. The quantitative estimate of drug-likeness (QED) is 0.695. The number of carbonyl (C=O) groups excluding carboxylic acids is 2. The number of hydrogen-bond acceptors (Lipinski definition) is 3. The van der Waals surface area contributed by atoms with E-state index in [0.717, 1.165) is 6.42 Å². The molecule has 0 saturated heterocycles. The van der Waals surface area contributed by atoms with Gasteiger partial charge in [0.05, 0.1) is 13.1 Å². The maximum absolute atomic E-state index is 12.0. The van der Waals surface area contributed by atoms with Crippen molar-refractivity contribution < 1.29 is 9.59 Å². The van der Waals surface area contributed by atoms with Gasteiger partial charge in [-0.05, 0) is 12.0 Å². The summed E-state index contributed by atoms with van der Waals surface area (Å²) < 4.78 is 0. The average Bonchev–Trinajstić information content (AvgIpc) is 2.49. The highest BCUT2D eigenvalue weighted by atomic mass is 35.5. The second-order valence-corrected chi connectivity index (χ2v) is 4.34. The van der Waals surface area contributed by atoms with Crippen LogP contribution >= 0.6 is 12.4 Å². The molecule has 0 aromatic heterocycles. The van der Waals surface area contributed by atoms with E-state index < -0.39 is 0 Å². The Labute approximate surface area is 131 Å². The van der Waals surface area contributed by atoms with E-state index in [1.807, 2.05) is 30.3 Å². The van der Waals surface area contributed by atoms with Gasteiger partial charge in [-0.15, -0.1) is 19.0 Å². The maximum Gasteiger partial charge on any atom is 0.242 e. The average molecular weight is 312 g/mol. The molecule has 0 aliphatic rings. The fraction of sp³-hybridized carbons (Fsp3) is 0.333. The minimum atomic E-state index is -0.333. The predicted molar refractivity (Wildman–Crippen MR) is 86.2 cm³/mol. The molecule has 1 rings (SSSR count). The van der Waals surface area contributed by atoms with E-state index in [4.69, 9.17) is 5.73 Å². The zero-order valence-electron chi connectivity index (χ0n) is 12.0. The van der Waals surface area contributed by atoms with Crippen LogP contribution in [0.3, 0.4) is 0 Å². The molecular weight excluding hydrogens is 290 g/mol. The van der Waals surface area contributed by atoms with Crippen LogP contribution in [0.4, 0.5) is 0 Å². The Balaban J connectivity index is 0.00000400. The molecule has 0 aliphatic heterocycles. The minimum Gasteiger partial charge on any atom is -0.346 e. The van der Waals surface area contributed by atoms with E-state index in [1.54, 1.807) is 11.0 Å². The van der Waals surface area contributed by atoms with Crippen molar-refractivity contribution in [2.24, 2.45) is 5.73 Å². The summed E-state index contributed by atoms with van der Waals surface area (Å²) in [6.07, 6.45) is 2.44. The number of nitrogens with one attached hydrogen (secondary N) is 1. The fourth-order valence-corrected chi connectivity index (χ4v) is 1.74. The standard InChI is InChI=1S/C15H21N3O2.ClH/c1-2-9-18(15(20)12-17-14(19)11-16)10-8-13-6-4-3-5-7-13;/h2-7H,1,8-12,16H2,(H,17,19);1H. The molecule has 0 bridgehead atoms. The number of carbonyl (C=O) groups is 2. The van der Waals surface area contributed by atoms with Gasteiger partial charge in [0.2, 0.25) is 11.8 Å². The first kappa shape index (κ1) is 19.1. The Bertz CT molecular complexity index is 451. The van der Waals surface area contributed by atoms with Gasteiger partial charge in [-0.1, -0.05) is 36.4 Å². The van der Waals surface area contributed by atoms with Crippen molar-refractivity contribution in [1.29, 1.82) is 0 Å². The molecule has 0 aliphatic carbocycles. The highest BCUT2D eigenvalue weighted by molar-refractivity contribution is 5.85. The van der Waals surface area contributed by atoms with E-state index in [1.165, 1.54) is 5.56 Å². The van der Waals surface area contributed by atoms with Gasteiger partial charge < -0.3 is 16.0 Å². The van der Waals surface area contributed by atoms with Crippen LogP contribution in [0.2, 0.25) is 0 Å². The van der Waals surface area contributed by atoms with Gasteiger partial charge in [0.15, 0.2) is 0 Å². The molecular formula is C15H22ClN3O2. The number of halogens is 1. The van der Waals surface area contributed by atoms with Gasteiger partial charge >= 0.3 is 0 Å². The van der Waals surface area contributed by atoms with Gasteiger partial charge in [0, 0.05) is 13.1 Å². The summed E-state index contributed by atoms with van der Waals surface area (Å²) in [7, 11) is 0. The lowest BCUT2D eigenvalue weighted by Crippen LogP contribution is -2.42. The Morgan fingerprint density at radius 3 is 2.52 bits per heavy atom. The molecule has 0 spiro atoms. The smallest absolute Gasteiger partial charge is 0.242 e. The lowest BCUT2D eigenvalue weighted by atomic mass is 10.1. The largest absolute Gasteiger partial charge is 0.346 e. The number of benzene rings is 1. The van der Waals surface area contributed by atoms with E-state index in [9.17, 15) is 9.59 Å². The molecule has 21 heavy (non-hydrogen) atoms. The van der Waals surface area contributed by atoms with E-state index >= 15 is 0 Å². The molecule has 3 N–H and O–H groups in total. The molecule has 0 radical (unpaired) electrons. The Morgan fingerprint density at radius 1 is 1.29 bits per heavy atom. The van der Waals surface area contributed by atoms with Gasteiger partial charge in [-0.25, -0.2) is 0 Å². The first-order valence-electron chi connectivity index (χ1n) is 6.56. The fourth-order valence-electron chi connectivity index (χ4n) is 1.74. The van der Waals surface area contributed by atoms with Crippen LogP contribution in [-0.4, -0.2) is 42.9 Å². The second-order valence-electron chi connectivity index (χ2n) is 4.34. The number of hydrogen-bond donors (Lipinski definition) is 2. The van der Waals surface area contributed by atoms with Gasteiger partial charge in [-0.2, -0.15) is 0 Å². The normalized spacial score (nSPS) is 9.38. The summed E-state index contributed by atoms with van der Waals surface area (Å²) in [4.78, 5) is 24.7. The topological polar surface area (TPSA) is 75.4 Å². The third-order valence-corrected chi connectivity index (χ3v) is 2.84. The van der Waals surface area contributed by atoms with Crippen LogP contribution in [0.15, 0.2) is 43.0 Å². The summed E-state index contributed by atoms with van der Waals surface area (Å²) in [5.74, 6) is -0.470. The van der Waals surface area contributed by atoms with Crippen LogP contribution in [0.1, 0.15) is 5.56 Å². The maximum atomic E-state index is 12.0. The van der Waals surface area contributed by atoms with Crippen molar-refractivity contribution in [3.05, 3.63) is 48.6 Å². The zero-order chi connectivity index (χ0) is 14.8. The van der Waals surface area contributed by atoms with Crippen LogP contribution in [0.5, 0.6) is 0 Å². The van der Waals surface area contributed by atoms with Gasteiger partial charge in [0.1, 0.15) is 0 Å². The molecule has 5 nitrogen and oxygen atoms in total. The molecule has 0 fully saturated rings. The highest BCUT2D eigenvalue weighted by Crippen LogP contribution is 2.02. The van der Waals surface area contributed by atoms with Crippen LogP contribution in [0, 0.1) is 0 Å². The number of rotatable bonds is 8. The number of nitrogens with two attached hydrogens (primary N) is 1. The van der Waals surface area contributed by atoms with Crippen LogP contribution in [0.25, 0.3) is 0 Å². The molecule has 0 unspecified atom stereocenters. The summed E-state index contributed by atoms with van der Waals surface area (Å²) in [5, 5.41) is 2.48. The van der Waals surface area contributed by atoms with E-state index in [2.05, 4.69) is 11.9 Å². The Morgan fingerprint density at radius 2 is 1.95 bits per heavy atom. The van der Waals surface area contributed by atoms with Crippen LogP contribution in [-0.2, 0) is 16.0 Å². The molecule has 1 aromatic carbocycles. The molecule has 0 saturated carbocycles. The van der Waals surface area contributed by atoms with Crippen molar-refractivity contribution in [2.75, 3.05) is 26.2 Å². The number of amides is 2. The second kappa shape index (κ2) is 10.9. The van der Waals surface area contributed by atoms with Crippen LogP contribution < -0.4 is 11.1 Å². The first-order chi connectivity index (χ1) is 9.67. The third kappa shape index (κ3) is 7.48. The first-order valence-corrected chi connectivity index (χ1v) is 6.56. The Kier molecular flexibility index (Phi) is 9.92. The summed E-state index contributed by atoms with van der Waals surface area (Å²) in [6, 6.07) is 9.94. The summed E-state index contributed by atoms with van der Waals surface area (Å²) in [5.41, 5.74) is 6.34. The lowest BCUT2D eigenvalue weighted by Gasteiger charge is -2.21. The van der Waals surface area contributed by atoms with Crippen molar-refractivity contribution in [3.8, 4) is 0 Å². The number of nitrogens with zero attached hydrogens (tertiary/aromatic N) is 1. The lowest BCUT2D eigenvalue weighted by molar-refractivity contribution is -0.132. The highest BCUT2D eigenvalue weighted by Gasteiger charge is 2.12. The van der Waals surface area contributed by atoms with Crippen molar-refractivity contribution in [1.82, 2.24) is 10.2 Å². The molecule has 6 heteroatoms. The van der Waals surface area contributed by atoms with Gasteiger partial charge in [0.25, 0.3) is 0 Å².